The number of benzene rings is 1. The molecular formula is C17H23N3O2. The minimum Gasteiger partial charge on any atom is -0.454 e. The predicted molar refractivity (Wildman–Crippen MR) is 85.6 cm³/mol. The maximum Gasteiger partial charge on any atom is 0.231 e. The molecule has 0 saturated carbocycles. The minimum absolute atomic E-state index is 0.317. The number of rotatable bonds is 4. The maximum absolute atomic E-state index is 5.56. The van der Waals surface area contributed by atoms with Crippen molar-refractivity contribution in [2.24, 2.45) is 0 Å². The molecule has 5 heteroatoms. The van der Waals surface area contributed by atoms with E-state index in [4.69, 9.17) is 14.5 Å². The van der Waals surface area contributed by atoms with Gasteiger partial charge in [-0.3, -0.25) is 0 Å². The second-order valence-corrected chi connectivity index (χ2v) is 6.18. The van der Waals surface area contributed by atoms with E-state index < -0.39 is 0 Å². The molecule has 0 unspecified atom stereocenters. The van der Waals surface area contributed by atoms with Crippen LogP contribution in [0.25, 0.3) is 11.0 Å². The second kappa shape index (κ2) is 5.80. The highest BCUT2D eigenvalue weighted by Crippen LogP contribution is 2.38. The molecule has 2 aromatic rings. The Kier molecular flexibility index (Phi) is 3.66. The molecule has 3 heterocycles. The van der Waals surface area contributed by atoms with Gasteiger partial charge in [-0.15, -0.1) is 0 Å². The van der Waals surface area contributed by atoms with Crippen LogP contribution in [0, 0.1) is 0 Å². The van der Waals surface area contributed by atoms with Crippen molar-refractivity contribution in [3.63, 3.8) is 0 Å². The molecule has 118 valence electrons. The highest BCUT2D eigenvalue weighted by molar-refractivity contribution is 5.81. The molecule has 1 N–H and O–H groups in total. The Labute approximate surface area is 130 Å². The van der Waals surface area contributed by atoms with E-state index in [1.807, 2.05) is 6.07 Å². The lowest BCUT2D eigenvalue weighted by molar-refractivity contribution is 0.174. The SMILES string of the molecule is CCCCc1nc2cc3c(cc2n1C1CCNCC1)OCO3. The number of ether oxygens (including phenoxy) is 2. The highest BCUT2D eigenvalue weighted by Gasteiger charge is 2.24. The standard InChI is InChI=1S/C17H23N3O2/c1-2-3-4-17-19-13-9-15-16(22-11-21-15)10-14(13)20(17)12-5-7-18-8-6-12/h9-10,12,18H,2-8,11H2,1H3. The van der Waals surface area contributed by atoms with E-state index in [0.717, 1.165) is 36.5 Å². The van der Waals surface area contributed by atoms with Gasteiger partial charge < -0.3 is 19.4 Å². The molecule has 4 rings (SSSR count). The lowest BCUT2D eigenvalue weighted by atomic mass is 10.1. The molecule has 0 atom stereocenters. The first kappa shape index (κ1) is 13.9. The fraction of sp³-hybridized carbons (Fsp3) is 0.588. The van der Waals surface area contributed by atoms with Crippen LogP contribution in [0.1, 0.15) is 44.5 Å². The van der Waals surface area contributed by atoms with Crippen molar-refractivity contribution in [2.45, 2.75) is 45.1 Å². The van der Waals surface area contributed by atoms with Crippen LogP contribution >= 0.6 is 0 Å². The summed E-state index contributed by atoms with van der Waals surface area (Å²) in [5, 5.41) is 3.45. The van der Waals surface area contributed by atoms with Gasteiger partial charge in [0.2, 0.25) is 6.79 Å². The van der Waals surface area contributed by atoms with E-state index in [0.29, 0.717) is 12.8 Å². The highest BCUT2D eigenvalue weighted by atomic mass is 16.7. The summed E-state index contributed by atoms with van der Waals surface area (Å²) in [6.45, 7) is 4.72. The molecule has 2 aliphatic rings. The molecule has 1 fully saturated rings. The number of fused-ring (bicyclic) bond motifs is 2. The van der Waals surface area contributed by atoms with E-state index in [1.165, 1.54) is 37.0 Å². The zero-order chi connectivity index (χ0) is 14.9. The van der Waals surface area contributed by atoms with Crippen molar-refractivity contribution in [3.05, 3.63) is 18.0 Å². The largest absolute Gasteiger partial charge is 0.454 e. The molecular weight excluding hydrogens is 278 g/mol. The van der Waals surface area contributed by atoms with Gasteiger partial charge in [0.1, 0.15) is 5.82 Å². The number of unbranched alkanes of at least 4 members (excludes halogenated alkanes) is 1. The molecule has 0 radical (unpaired) electrons. The first-order valence-electron chi connectivity index (χ1n) is 8.38. The van der Waals surface area contributed by atoms with Gasteiger partial charge >= 0.3 is 0 Å². The predicted octanol–water partition coefficient (Wildman–Crippen LogP) is 3.03. The zero-order valence-corrected chi connectivity index (χ0v) is 13.1. The minimum atomic E-state index is 0.317. The van der Waals surface area contributed by atoms with Crippen molar-refractivity contribution in [1.29, 1.82) is 0 Å². The third-order valence-corrected chi connectivity index (χ3v) is 4.68. The third kappa shape index (κ3) is 2.33. The number of nitrogens with zero attached hydrogens (tertiary/aromatic N) is 2. The van der Waals surface area contributed by atoms with Gasteiger partial charge in [0.25, 0.3) is 0 Å². The van der Waals surface area contributed by atoms with Crippen molar-refractivity contribution >= 4 is 11.0 Å². The number of aromatic nitrogens is 2. The lowest BCUT2D eigenvalue weighted by Crippen LogP contribution is -2.30. The summed E-state index contributed by atoms with van der Waals surface area (Å²) < 4.78 is 13.5. The Balaban J connectivity index is 1.81. The molecule has 0 spiro atoms. The lowest BCUT2D eigenvalue weighted by Gasteiger charge is -2.26. The summed E-state index contributed by atoms with van der Waals surface area (Å²) >= 11 is 0. The summed E-state index contributed by atoms with van der Waals surface area (Å²) in [5.74, 6) is 2.89. The van der Waals surface area contributed by atoms with Crippen molar-refractivity contribution in [3.8, 4) is 11.5 Å². The topological polar surface area (TPSA) is 48.3 Å². The van der Waals surface area contributed by atoms with Crippen LogP contribution < -0.4 is 14.8 Å². The molecule has 5 nitrogen and oxygen atoms in total. The summed E-state index contributed by atoms with van der Waals surface area (Å²) in [7, 11) is 0. The van der Waals surface area contributed by atoms with Crippen LogP contribution in [0.2, 0.25) is 0 Å². The number of hydrogen-bond acceptors (Lipinski definition) is 4. The van der Waals surface area contributed by atoms with Crippen molar-refractivity contribution < 1.29 is 9.47 Å². The quantitative estimate of drug-likeness (QED) is 0.943. The second-order valence-electron chi connectivity index (χ2n) is 6.18. The van der Waals surface area contributed by atoms with Crippen LogP contribution in [0.4, 0.5) is 0 Å². The Bertz CT molecular complexity index is 674. The van der Waals surface area contributed by atoms with Gasteiger partial charge in [0.15, 0.2) is 11.5 Å². The first-order chi connectivity index (χ1) is 10.9. The van der Waals surface area contributed by atoms with Crippen molar-refractivity contribution in [2.75, 3.05) is 19.9 Å². The Hall–Kier alpha value is -1.75. The fourth-order valence-corrected chi connectivity index (χ4v) is 3.52. The molecule has 1 aromatic carbocycles. The number of nitrogens with one attached hydrogen (secondary N) is 1. The summed E-state index contributed by atoms with van der Waals surface area (Å²) in [6, 6.07) is 4.69. The van der Waals surface area contributed by atoms with Crippen molar-refractivity contribution in [1.82, 2.24) is 14.9 Å². The van der Waals surface area contributed by atoms with E-state index in [2.05, 4.69) is 22.9 Å². The monoisotopic (exact) mass is 301 g/mol. The van der Waals surface area contributed by atoms with E-state index >= 15 is 0 Å². The molecule has 0 bridgehead atoms. The zero-order valence-electron chi connectivity index (χ0n) is 13.1. The van der Waals surface area contributed by atoms with Gasteiger partial charge in [-0.05, 0) is 32.4 Å². The molecule has 0 aliphatic carbocycles. The summed E-state index contributed by atoms with van der Waals surface area (Å²) in [6.07, 6.45) is 5.75. The smallest absolute Gasteiger partial charge is 0.231 e. The van der Waals surface area contributed by atoms with Gasteiger partial charge in [0.05, 0.1) is 11.0 Å². The summed E-state index contributed by atoms with van der Waals surface area (Å²) in [4.78, 5) is 4.91. The molecule has 2 aliphatic heterocycles. The Morgan fingerprint density at radius 1 is 1.23 bits per heavy atom. The fourth-order valence-electron chi connectivity index (χ4n) is 3.52. The molecule has 22 heavy (non-hydrogen) atoms. The average Bonchev–Trinajstić information content (AvgIpc) is 3.14. The average molecular weight is 301 g/mol. The van der Waals surface area contributed by atoms with Gasteiger partial charge in [0, 0.05) is 24.6 Å². The van der Waals surface area contributed by atoms with Crippen LogP contribution in [-0.2, 0) is 6.42 Å². The Morgan fingerprint density at radius 2 is 2.00 bits per heavy atom. The normalized spacial score (nSPS) is 18.2. The van der Waals surface area contributed by atoms with Gasteiger partial charge in [-0.2, -0.15) is 0 Å². The first-order valence-corrected chi connectivity index (χ1v) is 8.38. The Morgan fingerprint density at radius 3 is 2.77 bits per heavy atom. The molecule has 1 saturated heterocycles. The van der Waals surface area contributed by atoms with Crippen LogP contribution in [-0.4, -0.2) is 29.4 Å². The molecule has 0 amide bonds. The van der Waals surface area contributed by atoms with Crippen LogP contribution in [0.15, 0.2) is 12.1 Å². The molecule has 1 aromatic heterocycles. The van der Waals surface area contributed by atoms with Crippen LogP contribution in [0.3, 0.4) is 0 Å². The third-order valence-electron chi connectivity index (χ3n) is 4.68. The number of hydrogen-bond donors (Lipinski definition) is 1. The summed E-state index contributed by atoms with van der Waals surface area (Å²) in [5.41, 5.74) is 2.23. The van der Waals surface area contributed by atoms with Gasteiger partial charge in [-0.1, -0.05) is 13.3 Å². The van der Waals surface area contributed by atoms with Gasteiger partial charge in [-0.25, -0.2) is 4.98 Å². The van der Waals surface area contributed by atoms with Crippen LogP contribution in [0.5, 0.6) is 11.5 Å². The maximum atomic E-state index is 5.56. The van der Waals surface area contributed by atoms with E-state index in [-0.39, 0.29) is 0 Å². The number of aryl methyl sites for hydroxylation is 1. The number of piperidine rings is 1. The van der Waals surface area contributed by atoms with E-state index in [1.54, 1.807) is 0 Å². The van der Waals surface area contributed by atoms with E-state index in [9.17, 15) is 0 Å². The number of imidazole rings is 1.